The zero-order valence-corrected chi connectivity index (χ0v) is 26.5. The van der Waals surface area contributed by atoms with Crippen LogP contribution < -0.4 is 0 Å². The maximum absolute atomic E-state index is 16.5. The van der Waals surface area contributed by atoms with Gasteiger partial charge in [0.25, 0.3) is 5.92 Å². The van der Waals surface area contributed by atoms with E-state index in [-0.39, 0.29) is 30.0 Å². The number of alkyl halides is 3. The van der Waals surface area contributed by atoms with Crippen LogP contribution in [0.5, 0.6) is 0 Å². The van der Waals surface area contributed by atoms with E-state index in [2.05, 4.69) is 6.58 Å². The third-order valence-corrected chi connectivity index (χ3v) is 13.0. The molecule has 5 aliphatic carbocycles. The Labute approximate surface area is 258 Å². The summed E-state index contributed by atoms with van der Waals surface area (Å²) in [7, 11) is -2.74. The zero-order chi connectivity index (χ0) is 31.9. The molecule has 0 heterocycles. The van der Waals surface area contributed by atoms with Crippen LogP contribution in [-0.2, 0) is 14.5 Å². The Balaban J connectivity index is 1.45. The second kappa shape index (κ2) is 10.4. The quantitative estimate of drug-likeness (QED) is 0.311. The largest absolute Gasteiger partial charge is 0.385 e. The normalized spacial score (nSPS) is 34.8. The van der Waals surface area contributed by atoms with Crippen LogP contribution in [0.15, 0.2) is 76.8 Å². The van der Waals surface area contributed by atoms with Crippen molar-refractivity contribution in [1.82, 2.24) is 0 Å². The third kappa shape index (κ3) is 4.57. The SMILES string of the molecule is C=CC(F)(C(C)(F)F)[C@]1(O)CCC2C3CCC4=CC(=O)CCC4=C3C(c3ccc(C4=CC=C(S(C)(=N)=O)CC4)cc3)CC21C. The van der Waals surface area contributed by atoms with Crippen LogP contribution in [-0.4, -0.2) is 38.5 Å². The molecule has 4 nitrogen and oxygen atoms in total. The highest BCUT2D eigenvalue weighted by Crippen LogP contribution is 2.70. The van der Waals surface area contributed by atoms with E-state index < -0.39 is 32.3 Å². The molecule has 1 aromatic rings. The van der Waals surface area contributed by atoms with Crippen LogP contribution in [0.2, 0.25) is 0 Å². The average Bonchev–Trinajstić information content (AvgIpc) is 3.26. The summed E-state index contributed by atoms with van der Waals surface area (Å²) in [5, 5.41) is 12.2. The number of halogens is 3. The van der Waals surface area contributed by atoms with Gasteiger partial charge in [0, 0.05) is 35.8 Å². The molecule has 2 N–H and O–H groups in total. The molecule has 1 aromatic carbocycles. The molecular weight excluding hydrogens is 583 g/mol. The van der Waals surface area contributed by atoms with Gasteiger partial charge in [-0.15, -0.1) is 0 Å². The smallest absolute Gasteiger partial charge is 0.285 e. The van der Waals surface area contributed by atoms with Crippen molar-refractivity contribution < 1.29 is 27.3 Å². The highest BCUT2D eigenvalue weighted by Gasteiger charge is 2.74. The summed E-state index contributed by atoms with van der Waals surface area (Å²) < 4.78 is 66.7. The molecule has 0 radical (unpaired) electrons. The lowest BCUT2D eigenvalue weighted by molar-refractivity contribution is -0.238. The molecule has 6 rings (SSSR count). The predicted molar refractivity (Wildman–Crippen MR) is 168 cm³/mol. The summed E-state index contributed by atoms with van der Waals surface area (Å²) in [6, 6.07) is 8.17. The molecule has 0 spiro atoms. The minimum atomic E-state index is -3.82. The lowest BCUT2D eigenvalue weighted by Gasteiger charge is -2.57. The monoisotopic (exact) mass is 625 g/mol. The van der Waals surface area contributed by atoms with Crippen molar-refractivity contribution in [1.29, 1.82) is 4.78 Å². The van der Waals surface area contributed by atoms with E-state index >= 15 is 13.2 Å². The standard InChI is InChI=1S/C36H42F3NO3S/c1-5-35(39,34(3,37)38)36(42)19-18-31-29-16-12-25-20-26(41)13-17-28(25)32(29)30(21-33(31,36)2)24-8-6-22(7-9-24)23-10-14-27(15-11-23)44(4,40)43/h5-10,14,20,29-31,40,42H,1,11-13,15-19,21H2,2-4H3/t29?,30?,31?,33?,35?,36-,44?/m0/s1. The van der Waals surface area contributed by atoms with E-state index in [0.29, 0.717) is 62.9 Å². The lowest BCUT2D eigenvalue weighted by atomic mass is 9.49. The van der Waals surface area contributed by atoms with Crippen LogP contribution >= 0.6 is 0 Å². The Morgan fingerprint density at radius 3 is 2.34 bits per heavy atom. The number of aliphatic hydroxyl groups is 1. The molecule has 2 saturated carbocycles. The average molecular weight is 626 g/mol. The Kier molecular flexibility index (Phi) is 7.40. The fraction of sp³-hybridized carbons (Fsp3) is 0.528. The Morgan fingerprint density at radius 1 is 1.05 bits per heavy atom. The first-order valence-corrected chi connectivity index (χ1v) is 17.6. The van der Waals surface area contributed by atoms with Gasteiger partial charge < -0.3 is 5.11 Å². The van der Waals surface area contributed by atoms with E-state index in [0.717, 1.165) is 28.7 Å². The number of carbonyl (C=O) groups is 1. The van der Waals surface area contributed by atoms with E-state index in [9.17, 15) is 14.1 Å². The molecule has 6 unspecified atom stereocenters. The van der Waals surface area contributed by atoms with Gasteiger partial charge in [-0.25, -0.2) is 22.2 Å². The number of hydrogen-bond donors (Lipinski definition) is 2. The number of rotatable bonds is 6. The zero-order valence-electron chi connectivity index (χ0n) is 25.7. The molecular formula is C36H42F3NO3S. The first-order valence-electron chi connectivity index (χ1n) is 15.7. The molecule has 8 heteroatoms. The molecule has 0 aliphatic heterocycles. The molecule has 2 fully saturated rings. The fourth-order valence-corrected chi connectivity index (χ4v) is 10.2. The molecule has 5 aliphatic rings. The predicted octanol–water partition coefficient (Wildman–Crippen LogP) is 8.60. The van der Waals surface area contributed by atoms with Crippen molar-refractivity contribution in [2.75, 3.05) is 6.26 Å². The van der Waals surface area contributed by atoms with E-state index in [1.54, 1.807) is 12.2 Å². The molecule has 0 amide bonds. The summed E-state index contributed by atoms with van der Waals surface area (Å²) in [6.07, 6.45) is 12.0. The lowest BCUT2D eigenvalue weighted by Crippen LogP contribution is -2.66. The Morgan fingerprint density at radius 2 is 1.75 bits per heavy atom. The van der Waals surface area contributed by atoms with Crippen molar-refractivity contribution >= 4 is 21.1 Å². The first-order chi connectivity index (χ1) is 20.5. The fourth-order valence-electron chi connectivity index (χ4n) is 9.39. The number of benzene rings is 1. The second-order valence-corrected chi connectivity index (χ2v) is 16.2. The maximum atomic E-state index is 16.5. The Hall–Kier alpha value is -2.71. The van der Waals surface area contributed by atoms with E-state index in [1.807, 2.05) is 37.3 Å². The van der Waals surface area contributed by atoms with Gasteiger partial charge in [-0.3, -0.25) is 4.79 Å². The van der Waals surface area contributed by atoms with Gasteiger partial charge in [0.05, 0.1) is 9.73 Å². The molecule has 236 valence electrons. The van der Waals surface area contributed by atoms with Crippen molar-refractivity contribution in [3.8, 4) is 0 Å². The second-order valence-electron chi connectivity index (χ2n) is 14.0. The van der Waals surface area contributed by atoms with Crippen LogP contribution in [0.1, 0.15) is 88.7 Å². The number of hydrogen-bond acceptors (Lipinski definition) is 4. The molecule has 0 bridgehead atoms. The van der Waals surface area contributed by atoms with Gasteiger partial charge in [0.15, 0.2) is 5.78 Å². The van der Waals surface area contributed by atoms with Crippen LogP contribution in [0.25, 0.3) is 5.57 Å². The minimum absolute atomic E-state index is 0.00858. The van der Waals surface area contributed by atoms with Crippen molar-refractivity contribution in [3.05, 3.63) is 87.9 Å². The van der Waals surface area contributed by atoms with Gasteiger partial charge in [0.2, 0.25) is 5.67 Å². The van der Waals surface area contributed by atoms with Gasteiger partial charge in [-0.1, -0.05) is 49.4 Å². The number of nitrogens with one attached hydrogen (secondary N) is 1. The molecule has 0 aromatic heterocycles. The topological polar surface area (TPSA) is 78.2 Å². The van der Waals surface area contributed by atoms with Gasteiger partial charge in [0.1, 0.15) is 5.60 Å². The Bertz CT molecular complexity index is 1650. The van der Waals surface area contributed by atoms with Crippen molar-refractivity contribution in [2.24, 2.45) is 17.3 Å². The summed E-state index contributed by atoms with van der Waals surface area (Å²) in [6.45, 7) is 5.79. The third-order valence-electron chi connectivity index (χ3n) is 11.7. The maximum Gasteiger partial charge on any atom is 0.285 e. The van der Waals surface area contributed by atoms with Gasteiger partial charge in [-0.05, 0) is 109 Å². The van der Waals surface area contributed by atoms with Crippen LogP contribution in [0, 0.1) is 22.0 Å². The highest BCUT2D eigenvalue weighted by atomic mass is 32.2. The molecule has 0 saturated heterocycles. The molecule has 7 atom stereocenters. The number of ketones is 1. The van der Waals surface area contributed by atoms with Gasteiger partial charge in [-0.2, -0.15) is 0 Å². The first kappa shape index (κ1) is 31.3. The van der Waals surface area contributed by atoms with E-state index in [1.165, 1.54) is 17.4 Å². The number of allylic oxidation sites excluding steroid dienone is 8. The van der Waals surface area contributed by atoms with Gasteiger partial charge >= 0.3 is 0 Å². The van der Waals surface area contributed by atoms with Crippen molar-refractivity contribution in [2.45, 2.75) is 94.7 Å². The number of carbonyl (C=O) groups excluding carboxylic acids is 1. The highest BCUT2D eigenvalue weighted by molar-refractivity contribution is 7.95. The van der Waals surface area contributed by atoms with Crippen molar-refractivity contribution in [3.63, 3.8) is 0 Å². The van der Waals surface area contributed by atoms with E-state index in [4.69, 9.17) is 4.78 Å². The summed E-state index contributed by atoms with van der Waals surface area (Å²) >= 11 is 0. The summed E-state index contributed by atoms with van der Waals surface area (Å²) in [5.74, 6) is -4.12. The minimum Gasteiger partial charge on any atom is -0.385 e. The summed E-state index contributed by atoms with van der Waals surface area (Å²) in [4.78, 5) is 13.0. The molecule has 44 heavy (non-hydrogen) atoms. The van der Waals surface area contributed by atoms with Crippen LogP contribution in [0.3, 0.4) is 0 Å². The summed E-state index contributed by atoms with van der Waals surface area (Å²) in [5.41, 5.74) is -0.176. The number of fused-ring (bicyclic) bond motifs is 4. The van der Waals surface area contributed by atoms with Crippen LogP contribution in [0.4, 0.5) is 13.2 Å².